The first-order chi connectivity index (χ1) is 56.5. The van der Waals surface area contributed by atoms with Crippen molar-refractivity contribution in [1.82, 2.24) is 29.9 Å². The number of nitrogens with zero attached hydrogens (tertiary/aromatic N) is 6. The van der Waals surface area contributed by atoms with Gasteiger partial charge in [-0.3, -0.25) is 0 Å². The fourth-order valence-electron chi connectivity index (χ4n) is 15.6. The van der Waals surface area contributed by atoms with Crippen LogP contribution in [0.4, 0.5) is 0 Å². The van der Waals surface area contributed by atoms with E-state index in [9.17, 15) is 0 Å². The third-order valence-corrected chi connectivity index (χ3v) is 21.2. The van der Waals surface area contributed by atoms with Crippen LogP contribution in [0.25, 0.3) is 212 Å². The topological polar surface area (TPSA) is 104 Å². The molecule has 0 saturated heterocycles. The second-order valence-corrected chi connectivity index (χ2v) is 28.3. The molecule has 21 rings (SSSR count). The summed E-state index contributed by atoms with van der Waals surface area (Å²) in [7, 11) is 0. The molecule has 0 bridgehead atoms. The summed E-state index contributed by atoms with van der Waals surface area (Å²) in [5, 5.41) is 4.85. The molecule has 0 aliphatic heterocycles. The van der Waals surface area contributed by atoms with Crippen molar-refractivity contribution in [2.75, 3.05) is 0 Å². The highest BCUT2D eigenvalue weighted by Crippen LogP contribution is 2.50. The molecule has 0 amide bonds. The molecular weight excluding hydrogens is 1390 g/mol. The lowest BCUT2D eigenvalue weighted by atomic mass is 9.94. The van der Waals surface area contributed by atoms with Gasteiger partial charge in [-0.2, -0.15) is 0 Å². The summed E-state index contributed by atoms with van der Waals surface area (Å²) in [6, 6.07) is 142. The van der Waals surface area contributed by atoms with Crippen LogP contribution in [0.1, 0.15) is 0 Å². The first-order valence-corrected chi connectivity index (χ1v) is 38.3. The molecule has 0 saturated carbocycles. The third-order valence-electron chi connectivity index (χ3n) is 21.2. The van der Waals surface area contributed by atoms with Crippen LogP contribution in [0.3, 0.4) is 0 Å². The molecule has 0 spiro atoms. The predicted octanol–water partition coefficient (Wildman–Crippen LogP) is 28.0. The zero-order valence-electron chi connectivity index (χ0n) is 61.8. The van der Waals surface area contributed by atoms with Crippen LogP contribution in [0.5, 0.6) is 0 Å². The summed E-state index contributed by atoms with van der Waals surface area (Å²) in [5.74, 6) is 2.97. The standard InChI is InChI=1S/C57H37N3O.C49H31N3O/c1-6-16-38(17-7-1)39-26-30-41(31-27-39)50-37-51(60-57(59-50)46-24-14-5-15-25-46)42-32-28-40(29-33-42)47-34-35-49-48(36-47)56-53(54(58-49)44-20-10-3-11-21-44)52(43-18-8-2-9-19-43)55(61-56)45-22-12-4-13-23-45;1-5-15-32(16-6-1)33-25-27-36(28-26-33)45-39-23-13-14-24-41(39)51-49(52-45)38-29-30-42-40(31-38)48-44(46(50-42)35-19-9-3-10-20-35)43(34-17-7-2-8-18-34)47(53-48)37-21-11-4-12-22-37/h1-37H;1-31H. The lowest BCUT2D eigenvalue weighted by Gasteiger charge is -2.12. The Bertz CT molecular complexity index is 7060. The van der Waals surface area contributed by atoms with Gasteiger partial charge in [0.15, 0.2) is 11.6 Å². The maximum Gasteiger partial charge on any atom is 0.160 e. The maximum atomic E-state index is 7.05. The van der Waals surface area contributed by atoms with Gasteiger partial charge in [0.1, 0.15) is 22.7 Å². The Morgan fingerprint density at radius 2 is 0.456 bits per heavy atom. The number of benzene rings is 15. The summed E-state index contributed by atoms with van der Waals surface area (Å²) < 4.78 is 14.1. The number of rotatable bonds is 14. The lowest BCUT2D eigenvalue weighted by Crippen LogP contribution is -1.96. The minimum Gasteiger partial charge on any atom is -0.455 e. The van der Waals surface area contributed by atoms with E-state index < -0.39 is 0 Å². The van der Waals surface area contributed by atoms with E-state index in [0.717, 1.165) is 184 Å². The molecule has 0 aliphatic carbocycles. The van der Waals surface area contributed by atoms with Gasteiger partial charge >= 0.3 is 0 Å². The van der Waals surface area contributed by atoms with Gasteiger partial charge in [0.25, 0.3) is 0 Å². The average Bonchev–Trinajstić information content (AvgIpc) is 1.57. The SMILES string of the molecule is c1ccc(-c2ccc(-c3cc(-c4ccc(-c5ccc6nc(-c7ccccc7)c7c(-c8ccccc8)c(-c8ccccc8)oc7c6c5)cc4)nc(-c4ccccc4)n3)cc2)cc1.c1ccc(-c2ccc(-c3nc(-c4ccc5nc(-c6ccccc6)c6c(-c7ccccc7)c(-c7ccccc7)oc6c5c4)nc4ccccc34)cc2)cc1. The van der Waals surface area contributed by atoms with Crippen molar-refractivity contribution in [3.63, 3.8) is 0 Å². The van der Waals surface area contributed by atoms with Gasteiger partial charge in [-0.25, -0.2) is 29.9 Å². The van der Waals surface area contributed by atoms with E-state index in [4.69, 9.17) is 38.7 Å². The van der Waals surface area contributed by atoms with Gasteiger partial charge in [-0.15, -0.1) is 0 Å². The summed E-state index contributed by atoms with van der Waals surface area (Å²) in [6.45, 7) is 0. The molecule has 0 aliphatic rings. The van der Waals surface area contributed by atoms with Crippen molar-refractivity contribution < 1.29 is 8.83 Å². The Balaban J connectivity index is 0.000000149. The van der Waals surface area contributed by atoms with E-state index in [1.807, 2.05) is 91.0 Å². The van der Waals surface area contributed by atoms with Gasteiger partial charge < -0.3 is 8.83 Å². The van der Waals surface area contributed by atoms with E-state index in [1.54, 1.807) is 0 Å². The number of hydrogen-bond acceptors (Lipinski definition) is 8. The second-order valence-electron chi connectivity index (χ2n) is 28.3. The Hall–Kier alpha value is -15.4. The minimum absolute atomic E-state index is 0.645. The molecule has 534 valence electrons. The Kier molecular flexibility index (Phi) is 17.8. The zero-order chi connectivity index (χ0) is 75.7. The molecule has 15 aromatic carbocycles. The summed E-state index contributed by atoms with van der Waals surface area (Å²) in [5.41, 5.74) is 28.7. The number of para-hydroxylation sites is 1. The van der Waals surface area contributed by atoms with E-state index in [0.29, 0.717) is 11.6 Å². The van der Waals surface area contributed by atoms with Crippen molar-refractivity contribution in [2.45, 2.75) is 0 Å². The van der Waals surface area contributed by atoms with E-state index in [2.05, 4.69) is 322 Å². The van der Waals surface area contributed by atoms with Crippen molar-refractivity contribution >= 4 is 54.6 Å². The van der Waals surface area contributed by atoms with Crippen LogP contribution < -0.4 is 0 Å². The second kappa shape index (κ2) is 29.9. The lowest BCUT2D eigenvalue weighted by molar-refractivity contribution is 0.635. The Morgan fingerprint density at radius 3 is 0.886 bits per heavy atom. The van der Waals surface area contributed by atoms with Gasteiger partial charge in [0.05, 0.1) is 55.8 Å². The quantitative estimate of drug-likeness (QED) is 0.106. The number of aromatic nitrogens is 6. The Labute approximate surface area is 659 Å². The summed E-state index contributed by atoms with van der Waals surface area (Å²) >= 11 is 0. The molecule has 0 fully saturated rings. The fraction of sp³-hybridized carbons (Fsp3) is 0. The molecule has 0 N–H and O–H groups in total. The van der Waals surface area contributed by atoms with Crippen LogP contribution in [0.15, 0.2) is 421 Å². The van der Waals surface area contributed by atoms with Crippen LogP contribution in [0, 0.1) is 0 Å². The molecule has 0 atom stereocenters. The molecule has 6 aromatic heterocycles. The van der Waals surface area contributed by atoms with Crippen LogP contribution >= 0.6 is 0 Å². The normalized spacial score (nSPS) is 11.3. The highest BCUT2D eigenvalue weighted by molar-refractivity contribution is 6.19. The summed E-state index contributed by atoms with van der Waals surface area (Å²) in [6.07, 6.45) is 0. The minimum atomic E-state index is 0.645. The van der Waals surface area contributed by atoms with Crippen molar-refractivity contribution in [2.24, 2.45) is 0 Å². The molecule has 0 radical (unpaired) electrons. The van der Waals surface area contributed by atoms with Crippen molar-refractivity contribution in [1.29, 1.82) is 0 Å². The van der Waals surface area contributed by atoms with E-state index >= 15 is 0 Å². The zero-order valence-corrected chi connectivity index (χ0v) is 61.8. The maximum absolute atomic E-state index is 7.05. The number of pyridine rings is 2. The van der Waals surface area contributed by atoms with Gasteiger partial charge in [0, 0.05) is 77.4 Å². The van der Waals surface area contributed by atoms with E-state index in [-0.39, 0.29) is 0 Å². The van der Waals surface area contributed by atoms with Gasteiger partial charge in [-0.1, -0.05) is 370 Å². The van der Waals surface area contributed by atoms with Crippen LogP contribution in [0.2, 0.25) is 0 Å². The predicted molar refractivity (Wildman–Crippen MR) is 468 cm³/mol. The highest BCUT2D eigenvalue weighted by atomic mass is 16.3. The molecule has 21 aromatic rings. The largest absolute Gasteiger partial charge is 0.455 e. The van der Waals surface area contributed by atoms with Gasteiger partial charge in [0.2, 0.25) is 0 Å². The molecule has 8 nitrogen and oxygen atoms in total. The smallest absolute Gasteiger partial charge is 0.160 e. The first-order valence-electron chi connectivity index (χ1n) is 38.3. The number of hydrogen-bond donors (Lipinski definition) is 0. The molecule has 6 heterocycles. The first kappa shape index (κ1) is 67.9. The molecule has 114 heavy (non-hydrogen) atoms. The van der Waals surface area contributed by atoms with Crippen LogP contribution in [-0.4, -0.2) is 29.9 Å². The van der Waals surface area contributed by atoms with E-state index in [1.165, 1.54) is 16.7 Å². The molecular formula is C106H68N6O2. The molecule has 8 heteroatoms. The molecule has 0 unspecified atom stereocenters. The average molecular weight is 1460 g/mol. The Morgan fingerprint density at radius 1 is 0.167 bits per heavy atom. The van der Waals surface area contributed by atoms with Crippen molar-refractivity contribution in [3.05, 3.63) is 413 Å². The monoisotopic (exact) mass is 1460 g/mol. The number of fused-ring (bicyclic) bond motifs is 7. The fourth-order valence-corrected chi connectivity index (χ4v) is 15.6. The number of furan rings is 2. The van der Waals surface area contributed by atoms with Crippen molar-refractivity contribution in [3.8, 4) is 157 Å². The third kappa shape index (κ3) is 13.1. The van der Waals surface area contributed by atoms with Gasteiger partial charge in [-0.05, 0) is 87.0 Å². The van der Waals surface area contributed by atoms with Crippen LogP contribution in [-0.2, 0) is 0 Å². The summed E-state index contributed by atoms with van der Waals surface area (Å²) in [4.78, 5) is 31.2. The highest BCUT2D eigenvalue weighted by Gasteiger charge is 2.28.